The third kappa shape index (κ3) is 5.03. The van der Waals surface area contributed by atoms with Crippen LogP contribution in [0.5, 0.6) is 0 Å². The molecule has 33 heavy (non-hydrogen) atoms. The van der Waals surface area contributed by atoms with E-state index in [0.29, 0.717) is 11.1 Å². The quantitative estimate of drug-likeness (QED) is 0.494. The van der Waals surface area contributed by atoms with Crippen LogP contribution in [0, 0.1) is 5.92 Å². The lowest BCUT2D eigenvalue weighted by Crippen LogP contribution is -2.35. The molecule has 1 saturated heterocycles. The second kappa shape index (κ2) is 9.27. The average Bonchev–Trinajstić information content (AvgIpc) is 2.83. The van der Waals surface area contributed by atoms with Gasteiger partial charge in [0.25, 0.3) is 0 Å². The number of hydrogen-bond donors (Lipinski definition) is 2. The molecule has 0 bridgehead atoms. The molecule has 0 aromatic heterocycles. The molecule has 0 unspecified atom stereocenters. The van der Waals surface area contributed by atoms with Gasteiger partial charge in [0.15, 0.2) is 0 Å². The third-order valence-electron chi connectivity index (χ3n) is 6.27. The first-order chi connectivity index (χ1) is 15.7. The van der Waals surface area contributed by atoms with Gasteiger partial charge in [0, 0.05) is 18.8 Å². The number of hydrogen-bond acceptors (Lipinski definition) is 3. The molecule has 0 radical (unpaired) electrons. The summed E-state index contributed by atoms with van der Waals surface area (Å²) in [5, 5.41) is 20.2. The third-order valence-corrected chi connectivity index (χ3v) is 6.27. The van der Waals surface area contributed by atoms with Crippen molar-refractivity contribution in [1.82, 2.24) is 0 Å². The number of carbonyl (C=O) groups is 1. The van der Waals surface area contributed by atoms with Crippen LogP contribution in [0.15, 0.2) is 72.8 Å². The fourth-order valence-corrected chi connectivity index (χ4v) is 4.40. The Hall–Kier alpha value is -3.32. The molecule has 7 heteroatoms. The number of benzene rings is 3. The number of aromatic carboxylic acids is 1. The van der Waals surface area contributed by atoms with Crippen LogP contribution in [0.2, 0.25) is 0 Å². The number of aliphatic hydroxyl groups excluding tert-OH is 1. The topological polar surface area (TPSA) is 60.8 Å². The summed E-state index contributed by atoms with van der Waals surface area (Å²) in [4.78, 5) is 13.2. The van der Waals surface area contributed by atoms with Gasteiger partial charge < -0.3 is 15.1 Å². The molecule has 0 aliphatic carbocycles. The van der Waals surface area contributed by atoms with Crippen molar-refractivity contribution in [2.45, 2.75) is 25.1 Å². The van der Waals surface area contributed by atoms with Crippen molar-refractivity contribution in [3.05, 3.63) is 89.5 Å². The number of anilines is 1. The van der Waals surface area contributed by atoms with Gasteiger partial charge in [-0.25, -0.2) is 4.79 Å². The molecule has 1 atom stereocenters. The van der Waals surface area contributed by atoms with Gasteiger partial charge in [0.2, 0.25) is 0 Å². The van der Waals surface area contributed by atoms with Gasteiger partial charge in [0.1, 0.15) is 0 Å². The van der Waals surface area contributed by atoms with Gasteiger partial charge in [-0.2, -0.15) is 13.2 Å². The summed E-state index contributed by atoms with van der Waals surface area (Å²) in [6.07, 6.45) is -3.65. The highest BCUT2D eigenvalue weighted by Gasteiger charge is 2.31. The van der Waals surface area contributed by atoms with E-state index < -0.39 is 23.8 Å². The van der Waals surface area contributed by atoms with Crippen LogP contribution < -0.4 is 4.90 Å². The summed E-state index contributed by atoms with van der Waals surface area (Å²) in [6.45, 7) is 1.44. The number of nitrogens with zero attached hydrogens (tertiary/aromatic N) is 1. The van der Waals surface area contributed by atoms with Crippen LogP contribution in [0.4, 0.5) is 18.9 Å². The Labute approximate surface area is 189 Å². The zero-order valence-corrected chi connectivity index (χ0v) is 17.8. The number of rotatable bonds is 5. The zero-order valence-electron chi connectivity index (χ0n) is 17.8. The molecule has 0 spiro atoms. The molecule has 4 nitrogen and oxygen atoms in total. The van der Waals surface area contributed by atoms with E-state index in [4.69, 9.17) is 5.11 Å². The fourth-order valence-electron chi connectivity index (χ4n) is 4.40. The van der Waals surface area contributed by atoms with E-state index in [9.17, 15) is 23.1 Å². The summed E-state index contributed by atoms with van der Waals surface area (Å²) < 4.78 is 38.7. The SMILES string of the molecule is O=C(O)c1ccc(N2CCC([C@@H](O)c3ccccc3-c3ccc(C(F)(F)F)cc3)CC2)cc1. The van der Waals surface area contributed by atoms with Crippen molar-refractivity contribution in [2.24, 2.45) is 5.92 Å². The highest BCUT2D eigenvalue weighted by Crippen LogP contribution is 2.38. The van der Waals surface area contributed by atoms with E-state index in [0.717, 1.165) is 49.3 Å². The van der Waals surface area contributed by atoms with E-state index in [1.807, 2.05) is 24.3 Å². The summed E-state index contributed by atoms with van der Waals surface area (Å²) in [7, 11) is 0. The first-order valence-corrected chi connectivity index (χ1v) is 10.8. The Kier molecular flexibility index (Phi) is 6.42. The fraction of sp³-hybridized carbons (Fsp3) is 0.269. The second-order valence-corrected chi connectivity index (χ2v) is 8.28. The zero-order chi connectivity index (χ0) is 23.6. The standard InChI is InChI=1S/C26H24F3NO3/c27-26(28,29)20-9-5-17(6-10-20)22-3-1-2-4-23(22)24(31)18-13-15-30(16-14-18)21-11-7-19(8-12-21)25(32)33/h1-12,18,24,31H,13-16H2,(H,32,33)/t24-/m1/s1. The summed E-state index contributed by atoms with van der Waals surface area (Å²) in [5.74, 6) is -0.953. The smallest absolute Gasteiger partial charge is 0.416 e. The maximum absolute atomic E-state index is 12.9. The maximum atomic E-state index is 12.9. The van der Waals surface area contributed by atoms with Crippen LogP contribution in [0.25, 0.3) is 11.1 Å². The molecule has 4 rings (SSSR count). The Morgan fingerprint density at radius 3 is 2.09 bits per heavy atom. The molecule has 1 aliphatic heterocycles. The van der Waals surface area contributed by atoms with Crippen molar-refractivity contribution in [3.63, 3.8) is 0 Å². The Morgan fingerprint density at radius 2 is 1.52 bits per heavy atom. The Bertz CT molecular complexity index is 1100. The van der Waals surface area contributed by atoms with E-state index >= 15 is 0 Å². The van der Waals surface area contributed by atoms with Gasteiger partial charge >= 0.3 is 12.1 Å². The minimum atomic E-state index is -4.39. The largest absolute Gasteiger partial charge is 0.478 e. The minimum absolute atomic E-state index is 0.00939. The van der Waals surface area contributed by atoms with Crippen LogP contribution >= 0.6 is 0 Å². The van der Waals surface area contributed by atoms with Crippen LogP contribution in [-0.2, 0) is 6.18 Å². The first-order valence-electron chi connectivity index (χ1n) is 10.8. The Balaban J connectivity index is 1.47. The lowest BCUT2D eigenvalue weighted by Gasteiger charge is -2.36. The number of carboxylic acid groups (broad SMARTS) is 1. The molecule has 2 N–H and O–H groups in total. The van der Waals surface area contributed by atoms with Gasteiger partial charge in [-0.05, 0) is 71.8 Å². The van der Waals surface area contributed by atoms with Crippen molar-refractivity contribution in [3.8, 4) is 11.1 Å². The maximum Gasteiger partial charge on any atom is 0.416 e. The van der Waals surface area contributed by atoms with Gasteiger partial charge in [-0.15, -0.1) is 0 Å². The number of piperidine rings is 1. The minimum Gasteiger partial charge on any atom is -0.478 e. The summed E-state index contributed by atoms with van der Waals surface area (Å²) in [5.41, 5.74) is 2.55. The predicted molar refractivity (Wildman–Crippen MR) is 120 cm³/mol. The highest BCUT2D eigenvalue weighted by atomic mass is 19.4. The monoisotopic (exact) mass is 455 g/mol. The normalized spacial score (nSPS) is 15.9. The van der Waals surface area contributed by atoms with Crippen molar-refractivity contribution >= 4 is 11.7 Å². The molecule has 1 fully saturated rings. The van der Waals surface area contributed by atoms with Gasteiger partial charge in [-0.3, -0.25) is 0 Å². The van der Waals surface area contributed by atoms with Crippen LogP contribution in [0.1, 0.15) is 40.4 Å². The predicted octanol–water partition coefficient (Wildman–Crippen LogP) is 6.02. The first kappa shape index (κ1) is 22.9. The van der Waals surface area contributed by atoms with Crippen LogP contribution in [0.3, 0.4) is 0 Å². The molecule has 3 aromatic carbocycles. The summed E-state index contributed by atoms with van der Waals surface area (Å²) in [6, 6.07) is 19.0. The second-order valence-electron chi connectivity index (χ2n) is 8.28. The molecule has 0 amide bonds. The lowest BCUT2D eigenvalue weighted by atomic mass is 9.84. The van der Waals surface area contributed by atoms with E-state index in [-0.39, 0.29) is 11.5 Å². The highest BCUT2D eigenvalue weighted by molar-refractivity contribution is 5.88. The molecule has 172 valence electrons. The molecular weight excluding hydrogens is 431 g/mol. The van der Waals surface area contributed by atoms with E-state index in [2.05, 4.69) is 4.90 Å². The number of halogens is 3. The Morgan fingerprint density at radius 1 is 0.909 bits per heavy atom. The van der Waals surface area contributed by atoms with Crippen LogP contribution in [-0.4, -0.2) is 29.3 Å². The average molecular weight is 455 g/mol. The molecule has 3 aromatic rings. The molecule has 1 heterocycles. The number of aliphatic hydroxyl groups is 1. The van der Waals surface area contributed by atoms with Gasteiger partial charge in [0.05, 0.1) is 17.2 Å². The molecule has 1 aliphatic rings. The summed E-state index contributed by atoms with van der Waals surface area (Å²) >= 11 is 0. The van der Waals surface area contributed by atoms with Crippen molar-refractivity contribution < 1.29 is 28.2 Å². The van der Waals surface area contributed by atoms with Crippen molar-refractivity contribution in [2.75, 3.05) is 18.0 Å². The van der Waals surface area contributed by atoms with E-state index in [1.54, 1.807) is 24.3 Å². The molecule has 0 saturated carbocycles. The number of alkyl halides is 3. The van der Waals surface area contributed by atoms with E-state index in [1.165, 1.54) is 12.1 Å². The van der Waals surface area contributed by atoms with Crippen molar-refractivity contribution in [1.29, 1.82) is 0 Å². The van der Waals surface area contributed by atoms with Gasteiger partial charge in [-0.1, -0.05) is 36.4 Å². The lowest BCUT2D eigenvalue weighted by molar-refractivity contribution is -0.137. The number of carboxylic acids is 1. The molecular formula is C26H24F3NO3.